The van der Waals surface area contributed by atoms with Crippen molar-refractivity contribution >= 4 is 11.6 Å². The van der Waals surface area contributed by atoms with Crippen LogP contribution in [0, 0.1) is 5.92 Å². The minimum atomic E-state index is 0.116. The SMILES string of the molecule is NC1(C2CCc3ncc(Cl)n3C2)CC1. The van der Waals surface area contributed by atoms with Crippen LogP contribution >= 0.6 is 11.6 Å². The van der Waals surface area contributed by atoms with Gasteiger partial charge in [-0.25, -0.2) is 4.98 Å². The summed E-state index contributed by atoms with van der Waals surface area (Å²) in [5, 5.41) is 0.758. The molecule has 0 spiro atoms. The molecule has 0 bridgehead atoms. The highest BCUT2D eigenvalue weighted by Gasteiger charge is 2.46. The van der Waals surface area contributed by atoms with Gasteiger partial charge in [0, 0.05) is 18.5 Å². The third-order valence-corrected chi connectivity index (χ3v) is 3.95. The van der Waals surface area contributed by atoms with Crippen molar-refractivity contribution in [3.63, 3.8) is 0 Å². The lowest BCUT2D eigenvalue weighted by Gasteiger charge is -2.29. The molecule has 1 fully saturated rings. The van der Waals surface area contributed by atoms with Crippen LogP contribution in [0.5, 0.6) is 0 Å². The number of imidazole rings is 1. The van der Waals surface area contributed by atoms with E-state index < -0.39 is 0 Å². The van der Waals surface area contributed by atoms with Gasteiger partial charge in [0.25, 0.3) is 0 Å². The van der Waals surface area contributed by atoms with E-state index in [2.05, 4.69) is 9.55 Å². The van der Waals surface area contributed by atoms with Gasteiger partial charge in [-0.2, -0.15) is 0 Å². The Morgan fingerprint density at radius 3 is 3.07 bits per heavy atom. The van der Waals surface area contributed by atoms with Crippen molar-refractivity contribution in [3.8, 4) is 0 Å². The summed E-state index contributed by atoms with van der Waals surface area (Å²) in [5.41, 5.74) is 6.34. The van der Waals surface area contributed by atoms with E-state index in [1.165, 1.54) is 19.3 Å². The highest BCUT2D eigenvalue weighted by Crippen LogP contribution is 2.44. The van der Waals surface area contributed by atoms with Gasteiger partial charge in [0.2, 0.25) is 0 Å². The Hall–Kier alpha value is -0.540. The standard InChI is InChI=1S/C10H14ClN3/c11-8-5-13-9-2-1-7(6-14(8)9)10(12)3-4-10/h5,7H,1-4,6,12H2. The lowest BCUT2D eigenvalue weighted by molar-refractivity contribution is 0.295. The van der Waals surface area contributed by atoms with E-state index in [0.29, 0.717) is 5.92 Å². The molecule has 14 heavy (non-hydrogen) atoms. The van der Waals surface area contributed by atoms with Gasteiger partial charge in [0.15, 0.2) is 0 Å². The van der Waals surface area contributed by atoms with E-state index in [9.17, 15) is 0 Å². The van der Waals surface area contributed by atoms with Crippen molar-refractivity contribution in [2.24, 2.45) is 11.7 Å². The molecule has 1 aliphatic heterocycles. The molecule has 1 atom stereocenters. The van der Waals surface area contributed by atoms with E-state index in [-0.39, 0.29) is 5.54 Å². The van der Waals surface area contributed by atoms with Crippen molar-refractivity contribution in [1.29, 1.82) is 0 Å². The number of fused-ring (bicyclic) bond motifs is 1. The third-order valence-electron chi connectivity index (χ3n) is 3.65. The molecule has 0 aromatic carbocycles. The van der Waals surface area contributed by atoms with Crippen molar-refractivity contribution in [2.45, 2.75) is 37.8 Å². The Morgan fingerprint density at radius 2 is 2.36 bits per heavy atom. The molecule has 1 unspecified atom stereocenters. The first-order valence-corrected chi connectivity index (χ1v) is 5.56. The quantitative estimate of drug-likeness (QED) is 0.767. The second kappa shape index (κ2) is 2.74. The number of aryl methyl sites for hydroxylation is 1. The first-order chi connectivity index (χ1) is 6.69. The topological polar surface area (TPSA) is 43.8 Å². The predicted octanol–water partition coefficient (Wildman–Crippen LogP) is 1.59. The van der Waals surface area contributed by atoms with E-state index in [1.807, 2.05) is 0 Å². The van der Waals surface area contributed by atoms with Crippen LogP contribution < -0.4 is 5.73 Å². The Labute approximate surface area is 88.3 Å². The van der Waals surface area contributed by atoms with Crippen LogP contribution in [-0.4, -0.2) is 15.1 Å². The molecule has 1 aliphatic carbocycles. The Kier molecular flexibility index (Phi) is 1.71. The predicted molar refractivity (Wildman–Crippen MR) is 55.2 cm³/mol. The number of nitrogens with two attached hydrogens (primary N) is 1. The monoisotopic (exact) mass is 211 g/mol. The Morgan fingerprint density at radius 1 is 1.57 bits per heavy atom. The summed E-state index contributed by atoms with van der Waals surface area (Å²) in [4.78, 5) is 4.28. The molecule has 2 N–H and O–H groups in total. The van der Waals surface area contributed by atoms with Gasteiger partial charge in [-0.15, -0.1) is 0 Å². The maximum Gasteiger partial charge on any atom is 0.128 e. The lowest BCUT2D eigenvalue weighted by atomic mass is 9.90. The average Bonchev–Trinajstić information content (AvgIpc) is 2.84. The van der Waals surface area contributed by atoms with Crippen molar-refractivity contribution in [1.82, 2.24) is 9.55 Å². The molecule has 1 aromatic rings. The minimum Gasteiger partial charge on any atom is -0.325 e. The van der Waals surface area contributed by atoms with Crippen LogP contribution in [0.1, 0.15) is 25.1 Å². The fraction of sp³-hybridized carbons (Fsp3) is 0.700. The van der Waals surface area contributed by atoms with Crippen LogP contribution in [0.3, 0.4) is 0 Å². The molecule has 3 nitrogen and oxygen atoms in total. The van der Waals surface area contributed by atoms with Crippen LogP contribution in [-0.2, 0) is 13.0 Å². The second-order valence-electron chi connectivity index (χ2n) is 4.58. The number of halogens is 1. The molecule has 76 valence electrons. The summed E-state index contributed by atoms with van der Waals surface area (Å²) in [7, 11) is 0. The molecule has 2 aliphatic rings. The van der Waals surface area contributed by atoms with Gasteiger partial charge in [-0.1, -0.05) is 11.6 Å². The second-order valence-corrected chi connectivity index (χ2v) is 4.96. The minimum absolute atomic E-state index is 0.116. The third kappa shape index (κ3) is 1.19. The Balaban J connectivity index is 1.88. The van der Waals surface area contributed by atoms with E-state index in [4.69, 9.17) is 17.3 Å². The van der Waals surface area contributed by atoms with Gasteiger partial charge in [0.05, 0.1) is 6.20 Å². The van der Waals surface area contributed by atoms with Crippen LogP contribution in [0.15, 0.2) is 6.20 Å². The van der Waals surface area contributed by atoms with Crippen molar-refractivity contribution in [3.05, 3.63) is 17.2 Å². The van der Waals surface area contributed by atoms with E-state index >= 15 is 0 Å². The van der Waals surface area contributed by atoms with Crippen LogP contribution in [0.4, 0.5) is 0 Å². The molecule has 0 saturated heterocycles. The molecular weight excluding hydrogens is 198 g/mol. The summed E-state index contributed by atoms with van der Waals surface area (Å²) in [6.07, 6.45) is 6.30. The first kappa shape index (κ1) is 8.74. The molecule has 3 rings (SSSR count). The Bertz CT molecular complexity index is 367. The smallest absolute Gasteiger partial charge is 0.128 e. The average molecular weight is 212 g/mol. The normalized spacial score (nSPS) is 28.6. The fourth-order valence-electron chi connectivity index (χ4n) is 2.42. The van der Waals surface area contributed by atoms with Gasteiger partial charge in [0.1, 0.15) is 11.0 Å². The van der Waals surface area contributed by atoms with Gasteiger partial charge in [-0.3, -0.25) is 0 Å². The van der Waals surface area contributed by atoms with Gasteiger partial charge < -0.3 is 10.3 Å². The largest absolute Gasteiger partial charge is 0.325 e. The molecule has 1 aromatic heterocycles. The first-order valence-electron chi connectivity index (χ1n) is 5.18. The van der Waals surface area contributed by atoms with E-state index in [1.54, 1.807) is 6.20 Å². The zero-order valence-corrected chi connectivity index (χ0v) is 8.80. The number of aromatic nitrogens is 2. The molecule has 1 saturated carbocycles. The summed E-state index contributed by atoms with van der Waals surface area (Å²) in [5.74, 6) is 1.72. The number of rotatable bonds is 1. The van der Waals surface area contributed by atoms with Gasteiger partial charge in [-0.05, 0) is 25.2 Å². The highest BCUT2D eigenvalue weighted by atomic mass is 35.5. The zero-order chi connectivity index (χ0) is 9.76. The molecule has 2 heterocycles. The van der Waals surface area contributed by atoms with Crippen LogP contribution in [0.25, 0.3) is 0 Å². The van der Waals surface area contributed by atoms with E-state index in [0.717, 1.165) is 23.9 Å². The molecule has 0 amide bonds. The lowest BCUT2D eigenvalue weighted by Crippen LogP contribution is -2.38. The number of nitrogens with zero attached hydrogens (tertiary/aromatic N) is 2. The fourth-order valence-corrected chi connectivity index (χ4v) is 2.63. The maximum atomic E-state index is 6.22. The molecular formula is C10H14ClN3. The molecule has 0 radical (unpaired) electrons. The summed E-state index contributed by atoms with van der Waals surface area (Å²) < 4.78 is 2.11. The summed E-state index contributed by atoms with van der Waals surface area (Å²) in [6.45, 7) is 0.963. The summed E-state index contributed by atoms with van der Waals surface area (Å²) >= 11 is 6.05. The highest BCUT2D eigenvalue weighted by molar-refractivity contribution is 6.29. The zero-order valence-electron chi connectivity index (χ0n) is 8.04. The van der Waals surface area contributed by atoms with Crippen molar-refractivity contribution in [2.75, 3.05) is 0 Å². The number of hydrogen-bond acceptors (Lipinski definition) is 2. The van der Waals surface area contributed by atoms with Crippen LogP contribution in [0.2, 0.25) is 5.15 Å². The van der Waals surface area contributed by atoms with Gasteiger partial charge >= 0.3 is 0 Å². The molecule has 4 heteroatoms. The summed E-state index contributed by atoms with van der Waals surface area (Å²) in [6, 6.07) is 0. The number of hydrogen-bond donors (Lipinski definition) is 1. The maximum absolute atomic E-state index is 6.22. The van der Waals surface area contributed by atoms with Crippen molar-refractivity contribution < 1.29 is 0 Å².